The largest absolute Gasteiger partial charge is 0.482 e. The molecule has 0 radical (unpaired) electrons. The molecule has 2 aromatic rings. The number of hydrogen-bond donors (Lipinski definition) is 2. The Balaban J connectivity index is 1.84. The summed E-state index contributed by atoms with van der Waals surface area (Å²) in [6.45, 7) is 5.44. The molecule has 6 nitrogen and oxygen atoms in total. The third-order valence-corrected chi connectivity index (χ3v) is 4.88. The SMILES string of the molecule is CCC(Oc1ccc(C)cc1)C(=O)NNC(=O)COc1c(C)cc(Br)cc1Br. The van der Waals surface area contributed by atoms with Crippen LogP contribution in [0.1, 0.15) is 24.5 Å². The van der Waals surface area contributed by atoms with Gasteiger partial charge in [0.1, 0.15) is 11.5 Å². The van der Waals surface area contributed by atoms with E-state index in [1.165, 1.54) is 0 Å². The molecule has 2 rings (SSSR count). The Labute approximate surface area is 181 Å². The van der Waals surface area contributed by atoms with Crippen molar-refractivity contribution >= 4 is 43.7 Å². The van der Waals surface area contributed by atoms with Gasteiger partial charge >= 0.3 is 0 Å². The van der Waals surface area contributed by atoms with Crippen molar-refractivity contribution in [2.24, 2.45) is 0 Å². The molecular weight excluding hydrogens is 492 g/mol. The third kappa shape index (κ3) is 6.53. The number of benzene rings is 2. The fraction of sp³-hybridized carbons (Fsp3) is 0.300. The Kier molecular flexibility index (Phi) is 8.32. The maximum absolute atomic E-state index is 12.3. The molecule has 0 saturated heterocycles. The Morgan fingerprint density at radius 3 is 2.36 bits per heavy atom. The number of halogens is 2. The van der Waals surface area contributed by atoms with Crippen LogP contribution in [0.2, 0.25) is 0 Å². The molecule has 1 unspecified atom stereocenters. The molecule has 8 heteroatoms. The maximum atomic E-state index is 12.3. The molecule has 0 heterocycles. The summed E-state index contributed by atoms with van der Waals surface area (Å²) >= 11 is 6.79. The number of rotatable bonds is 7. The van der Waals surface area contributed by atoms with Crippen LogP contribution >= 0.6 is 31.9 Å². The molecule has 150 valence electrons. The second-order valence-electron chi connectivity index (χ2n) is 6.19. The summed E-state index contributed by atoms with van der Waals surface area (Å²) in [4.78, 5) is 24.3. The van der Waals surface area contributed by atoms with Crippen LogP contribution in [0.4, 0.5) is 0 Å². The van der Waals surface area contributed by atoms with Crippen molar-refractivity contribution in [2.75, 3.05) is 6.61 Å². The molecule has 0 fully saturated rings. The van der Waals surface area contributed by atoms with Gasteiger partial charge in [-0.1, -0.05) is 40.5 Å². The quantitative estimate of drug-likeness (QED) is 0.543. The van der Waals surface area contributed by atoms with Crippen molar-refractivity contribution in [1.29, 1.82) is 0 Å². The Bertz CT molecular complexity index is 818. The van der Waals surface area contributed by atoms with E-state index in [0.29, 0.717) is 17.9 Å². The molecule has 0 spiro atoms. The first-order valence-electron chi connectivity index (χ1n) is 8.70. The van der Waals surface area contributed by atoms with E-state index < -0.39 is 17.9 Å². The molecule has 2 amide bonds. The van der Waals surface area contributed by atoms with E-state index in [9.17, 15) is 9.59 Å². The lowest BCUT2D eigenvalue weighted by molar-refractivity contribution is -0.134. The summed E-state index contributed by atoms with van der Waals surface area (Å²) in [5.41, 5.74) is 6.69. The van der Waals surface area contributed by atoms with E-state index in [0.717, 1.165) is 20.1 Å². The number of aryl methyl sites for hydroxylation is 2. The standard InChI is InChI=1S/C20H22Br2N2O4/c1-4-17(28-15-7-5-12(2)6-8-15)20(26)24-23-18(25)11-27-19-13(3)9-14(21)10-16(19)22/h5-10,17H,4,11H2,1-3H3,(H,23,25)(H,24,26). The highest BCUT2D eigenvalue weighted by Crippen LogP contribution is 2.32. The van der Waals surface area contributed by atoms with E-state index in [4.69, 9.17) is 9.47 Å². The van der Waals surface area contributed by atoms with Crippen LogP contribution in [0.25, 0.3) is 0 Å². The lowest BCUT2D eigenvalue weighted by atomic mass is 10.2. The van der Waals surface area contributed by atoms with Crippen LogP contribution < -0.4 is 20.3 Å². The van der Waals surface area contributed by atoms with Gasteiger partial charge in [0.15, 0.2) is 12.7 Å². The zero-order valence-corrected chi connectivity index (χ0v) is 19.0. The first-order valence-corrected chi connectivity index (χ1v) is 10.3. The van der Waals surface area contributed by atoms with Gasteiger partial charge in [0.05, 0.1) is 4.47 Å². The fourth-order valence-electron chi connectivity index (χ4n) is 2.36. The molecule has 28 heavy (non-hydrogen) atoms. The third-order valence-electron chi connectivity index (χ3n) is 3.83. The van der Waals surface area contributed by atoms with Crippen molar-refractivity contribution in [1.82, 2.24) is 10.9 Å². The maximum Gasteiger partial charge on any atom is 0.279 e. The minimum Gasteiger partial charge on any atom is -0.482 e. The zero-order chi connectivity index (χ0) is 20.7. The smallest absolute Gasteiger partial charge is 0.279 e. The number of carbonyl (C=O) groups excluding carboxylic acids is 2. The molecule has 1 atom stereocenters. The van der Waals surface area contributed by atoms with E-state index >= 15 is 0 Å². The van der Waals surface area contributed by atoms with Crippen LogP contribution in [0, 0.1) is 13.8 Å². The molecule has 0 aromatic heterocycles. The normalized spacial score (nSPS) is 11.5. The highest BCUT2D eigenvalue weighted by molar-refractivity contribution is 9.11. The van der Waals surface area contributed by atoms with Gasteiger partial charge in [-0.3, -0.25) is 20.4 Å². The first kappa shape index (κ1) is 22.2. The molecule has 0 saturated carbocycles. The summed E-state index contributed by atoms with van der Waals surface area (Å²) < 4.78 is 12.9. The molecule has 2 N–H and O–H groups in total. The lowest BCUT2D eigenvalue weighted by Gasteiger charge is -2.18. The summed E-state index contributed by atoms with van der Waals surface area (Å²) in [5, 5.41) is 0. The number of amides is 2. The second-order valence-corrected chi connectivity index (χ2v) is 7.96. The summed E-state index contributed by atoms with van der Waals surface area (Å²) in [6, 6.07) is 11.1. The average Bonchev–Trinajstić information content (AvgIpc) is 2.64. The van der Waals surface area contributed by atoms with Gasteiger partial charge in [-0.25, -0.2) is 0 Å². The van der Waals surface area contributed by atoms with Crippen molar-refractivity contribution < 1.29 is 19.1 Å². The Morgan fingerprint density at radius 2 is 1.75 bits per heavy atom. The van der Waals surface area contributed by atoms with E-state index in [2.05, 4.69) is 42.7 Å². The Hall–Kier alpha value is -2.06. The van der Waals surface area contributed by atoms with E-state index in [1.807, 2.05) is 45.0 Å². The van der Waals surface area contributed by atoms with Crippen LogP contribution in [0.3, 0.4) is 0 Å². The second kappa shape index (κ2) is 10.5. The minimum absolute atomic E-state index is 0.239. The predicted molar refractivity (Wildman–Crippen MR) is 114 cm³/mol. The van der Waals surface area contributed by atoms with Gasteiger partial charge in [0.2, 0.25) is 0 Å². The van der Waals surface area contributed by atoms with Crippen LogP contribution in [0.15, 0.2) is 45.3 Å². The number of ether oxygens (including phenoxy) is 2. The lowest BCUT2D eigenvalue weighted by Crippen LogP contribution is -2.49. The van der Waals surface area contributed by atoms with Crippen LogP contribution in [0.5, 0.6) is 11.5 Å². The zero-order valence-electron chi connectivity index (χ0n) is 15.8. The van der Waals surface area contributed by atoms with Crippen molar-refractivity contribution in [2.45, 2.75) is 33.3 Å². The number of hydrogen-bond acceptors (Lipinski definition) is 4. The van der Waals surface area contributed by atoms with Gasteiger partial charge in [-0.2, -0.15) is 0 Å². The average molecular weight is 514 g/mol. The van der Waals surface area contributed by atoms with Gasteiger partial charge < -0.3 is 9.47 Å². The summed E-state index contributed by atoms with van der Waals surface area (Å²) in [7, 11) is 0. The summed E-state index contributed by atoms with van der Waals surface area (Å²) in [5.74, 6) is 0.252. The number of carbonyl (C=O) groups is 2. The van der Waals surface area contributed by atoms with Crippen molar-refractivity contribution in [3.8, 4) is 11.5 Å². The molecule has 0 aliphatic heterocycles. The first-order chi connectivity index (χ1) is 13.3. The predicted octanol–water partition coefficient (Wildman–Crippen LogP) is 4.21. The molecular formula is C20H22Br2N2O4. The van der Waals surface area contributed by atoms with Crippen molar-refractivity contribution in [3.63, 3.8) is 0 Å². The number of nitrogens with one attached hydrogen (secondary N) is 2. The summed E-state index contributed by atoms with van der Waals surface area (Å²) in [6.07, 6.45) is -0.260. The van der Waals surface area contributed by atoms with Crippen LogP contribution in [-0.4, -0.2) is 24.5 Å². The molecule has 0 aliphatic carbocycles. The number of hydrazine groups is 1. The van der Waals surface area contributed by atoms with Gasteiger partial charge in [-0.05, 0) is 66.0 Å². The highest BCUT2D eigenvalue weighted by Gasteiger charge is 2.19. The molecule has 2 aromatic carbocycles. The van der Waals surface area contributed by atoms with Gasteiger partial charge in [0, 0.05) is 4.47 Å². The minimum atomic E-state index is -0.716. The monoisotopic (exact) mass is 512 g/mol. The highest BCUT2D eigenvalue weighted by atomic mass is 79.9. The topological polar surface area (TPSA) is 76.7 Å². The Morgan fingerprint density at radius 1 is 1.07 bits per heavy atom. The molecule has 0 bridgehead atoms. The fourth-order valence-corrected chi connectivity index (χ4v) is 3.91. The van der Waals surface area contributed by atoms with E-state index in [-0.39, 0.29) is 6.61 Å². The van der Waals surface area contributed by atoms with Crippen LogP contribution in [-0.2, 0) is 9.59 Å². The van der Waals surface area contributed by atoms with Gasteiger partial charge in [0.25, 0.3) is 11.8 Å². The molecule has 0 aliphatic rings. The van der Waals surface area contributed by atoms with E-state index in [1.54, 1.807) is 12.1 Å². The van der Waals surface area contributed by atoms with Crippen molar-refractivity contribution in [3.05, 3.63) is 56.5 Å². The van der Waals surface area contributed by atoms with Gasteiger partial charge in [-0.15, -0.1) is 0 Å².